The summed E-state index contributed by atoms with van der Waals surface area (Å²) in [4.78, 5) is 16.6. The second-order valence-electron chi connectivity index (χ2n) is 5.58. The van der Waals surface area contributed by atoms with E-state index in [1.165, 1.54) is 0 Å². The zero-order valence-electron chi connectivity index (χ0n) is 12.8. The summed E-state index contributed by atoms with van der Waals surface area (Å²) < 4.78 is 11.1. The predicted molar refractivity (Wildman–Crippen MR) is 82.7 cm³/mol. The van der Waals surface area contributed by atoms with Gasteiger partial charge in [0.15, 0.2) is 11.5 Å². The molecule has 0 spiro atoms. The number of rotatable bonds is 4. The Labute approximate surface area is 128 Å². The van der Waals surface area contributed by atoms with Crippen LogP contribution in [0.4, 0.5) is 0 Å². The largest absolute Gasteiger partial charge is 0.465 e. The number of furan rings is 1. The highest BCUT2D eigenvalue weighted by Crippen LogP contribution is 2.22. The van der Waals surface area contributed by atoms with Gasteiger partial charge in [0.2, 0.25) is 0 Å². The Kier molecular flexibility index (Phi) is 3.71. The second-order valence-corrected chi connectivity index (χ2v) is 5.58. The molecule has 0 aliphatic heterocycles. The van der Waals surface area contributed by atoms with E-state index in [0.717, 1.165) is 17.0 Å². The van der Waals surface area contributed by atoms with Gasteiger partial charge in [-0.2, -0.15) is 0 Å². The summed E-state index contributed by atoms with van der Waals surface area (Å²) in [6.45, 7) is 6.27. The molecule has 5 nitrogen and oxygen atoms in total. The molecule has 1 N–H and O–H groups in total. The van der Waals surface area contributed by atoms with Crippen LogP contribution in [-0.4, -0.2) is 10.9 Å². The van der Waals surface area contributed by atoms with Crippen molar-refractivity contribution in [3.05, 3.63) is 53.3 Å². The summed E-state index contributed by atoms with van der Waals surface area (Å²) in [7, 11) is 0. The van der Waals surface area contributed by atoms with Gasteiger partial charge in [-0.05, 0) is 37.3 Å². The van der Waals surface area contributed by atoms with E-state index < -0.39 is 0 Å². The summed E-state index contributed by atoms with van der Waals surface area (Å²) in [6, 6.07) is 8.99. The van der Waals surface area contributed by atoms with Crippen molar-refractivity contribution in [3.63, 3.8) is 0 Å². The average Bonchev–Trinajstić information content (AvgIpc) is 3.09. The molecule has 0 saturated carbocycles. The Morgan fingerprint density at radius 3 is 2.73 bits per heavy atom. The first kappa shape index (κ1) is 14.4. The molecule has 0 saturated heterocycles. The maximum Gasteiger partial charge on any atom is 0.251 e. The van der Waals surface area contributed by atoms with Crippen molar-refractivity contribution in [2.45, 2.75) is 33.2 Å². The molecule has 0 radical (unpaired) electrons. The van der Waals surface area contributed by atoms with Crippen LogP contribution in [-0.2, 0) is 6.54 Å². The van der Waals surface area contributed by atoms with E-state index in [0.29, 0.717) is 23.6 Å². The van der Waals surface area contributed by atoms with E-state index in [4.69, 9.17) is 8.83 Å². The van der Waals surface area contributed by atoms with Crippen LogP contribution in [0.1, 0.15) is 47.5 Å². The van der Waals surface area contributed by atoms with E-state index in [1.54, 1.807) is 18.2 Å². The first-order chi connectivity index (χ1) is 10.5. The lowest BCUT2D eigenvalue weighted by molar-refractivity contribution is 0.0948. The smallest absolute Gasteiger partial charge is 0.251 e. The van der Waals surface area contributed by atoms with Gasteiger partial charge in [0, 0.05) is 11.5 Å². The van der Waals surface area contributed by atoms with E-state index in [-0.39, 0.29) is 11.8 Å². The fourth-order valence-corrected chi connectivity index (χ4v) is 2.18. The number of carbonyl (C=O) groups excluding carboxylic acids is 1. The van der Waals surface area contributed by atoms with Crippen LogP contribution in [0, 0.1) is 6.92 Å². The lowest BCUT2D eigenvalue weighted by Crippen LogP contribution is -2.22. The minimum atomic E-state index is -0.168. The average molecular weight is 298 g/mol. The van der Waals surface area contributed by atoms with Crippen LogP contribution >= 0.6 is 0 Å². The highest BCUT2D eigenvalue weighted by atomic mass is 16.3. The number of aryl methyl sites for hydroxylation is 1. The predicted octanol–water partition coefficient (Wildman–Crippen LogP) is 3.78. The molecule has 114 valence electrons. The van der Waals surface area contributed by atoms with Crippen molar-refractivity contribution < 1.29 is 13.6 Å². The van der Waals surface area contributed by atoms with Gasteiger partial charge in [0.25, 0.3) is 5.91 Å². The first-order valence-corrected chi connectivity index (χ1v) is 7.27. The Morgan fingerprint density at radius 1 is 1.23 bits per heavy atom. The number of hydrogen-bond acceptors (Lipinski definition) is 4. The number of nitrogens with zero attached hydrogens (tertiary/aromatic N) is 1. The molecule has 0 aliphatic rings. The minimum Gasteiger partial charge on any atom is -0.465 e. The summed E-state index contributed by atoms with van der Waals surface area (Å²) in [5, 5.41) is 2.83. The molecule has 3 aromatic rings. The van der Waals surface area contributed by atoms with Crippen molar-refractivity contribution >= 4 is 17.0 Å². The molecular weight excluding hydrogens is 280 g/mol. The Morgan fingerprint density at radius 2 is 2.05 bits per heavy atom. The third kappa shape index (κ3) is 2.88. The Balaban J connectivity index is 1.75. The molecule has 0 unspecified atom stereocenters. The van der Waals surface area contributed by atoms with Gasteiger partial charge in [-0.3, -0.25) is 4.79 Å². The minimum absolute atomic E-state index is 0.168. The number of aromatic nitrogens is 1. The molecule has 0 bridgehead atoms. The summed E-state index contributed by atoms with van der Waals surface area (Å²) in [6.07, 6.45) is 0. The quantitative estimate of drug-likeness (QED) is 0.795. The van der Waals surface area contributed by atoms with Gasteiger partial charge in [-0.15, -0.1) is 0 Å². The molecular formula is C17H18N2O3. The van der Waals surface area contributed by atoms with Crippen molar-refractivity contribution in [1.82, 2.24) is 10.3 Å². The van der Waals surface area contributed by atoms with Crippen LogP contribution in [0.3, 0.4) is 0 Å². The molecule has 0 aliphatic carbocycles. The molecule has 1 aromatic carbocycles. The van der Waals surface area contributed by atoms with Crippen molar-refractivity contribution in [2.75, 3.05) is 0 Å². The standard InChI is InChI=1S/C17H18N2O3/c1-10(2)17-19-14-7-5-12(8-15(14)22-17)16(20)18-9-13-6-4-11(3)21-13/h4-8,10H,9H2,1-3H3,(H,18,20). The molecule has 2 heterocycles. The maximum atomic E-state index is 12.2. The number of benzene rings is 1. The van der Waals surface area contributed by atoms with Gasteiger partial charge in [-0.25, -0.2) is 4.98 Å². The van der Waals surface area contributed by atoms with Gasteiger partial charge in [0.1, 0.15) is 17.0 Å². The van der Waals surface area contributed by atoms with Crippen molar-refractivity contribution in [1.29, 1.82) is 0 Å². The van der Waals surface area contributed by atoms with Gasteiger partial charge >= 0.3 is 0 Å². The lowest BCUT2D eigenvalue weighted by atomic mass is 10.2. The number of amides is 1. The molecule has 22 heavy (non-hydrogen) atoms. The number of carbonyl (C=O) groups is 1. The summed E-state index contributed by atoms with van der Waals surface area (Å²) >= 11 is 0. The second kappa shape index (κ2) is 5.67. The summed E-state index contributed by atoms with van der Waals surface area (Å²) in [5.41, 5.74) is 1.94. The first-order valence-electron chi connectivity index (χ1n) is 7.27. The van der Waals surface area contributed by atoms with E-state index >= 15 is 0 Å². The zero-order chi connectivity index (χ0) is 15.7. The number of hydrogen-bond donors (Lipinski definition) is 1. The van der Waals surface area contributed by atoms with Crippen LogP contribution < -0.4 is 5.32 Å². The topological polar surface area (TPSA) is 68.3 Å². The number of nitrogens with one attached hydrogen (secondary N) is 1. The van der Waals surface area contributed by atoms with Crippen molar-refractivity contribution in [3.8, 4) is 0 Å². The van der Waals surface area contributed by atoms with E-state index in [1.807, 2.05) is 32.9 Å². The monoisotopic (exact) mass is 298 g/mol. The Hall–Kier alpha value is -2.56. The van der Waals surface area contributed by atoms with E-state index in [9.17, 15) is 4.79 Å². The number of fused-ring (bicyclic) bond motifs is 1. The SMILES string of the molecule is Cc1ccc(CNC(=O)c2ccc3nc(C(C)C)oc3c2)o1. The van der Waals surface area contributed by atoms with Crippen LogP contribution in [0.15, 0.2) is 39.2 Å². The van der Waals surface area contributed by atoms with Gasteiger partial charge < -0.3 is 14.2 Å². The zero-order valence-corrected chi connectivity index (χ0v) is 12.8. The van der Waals surface area contributed by atoms with Crippen molar-refractivity contribution in [2.24, 2.45) is 0 Å². The highest BCUT2D eigenvalue weighted by molar-refractivity contribution is 5.96. The molecule has 0 atom stereocenters. The normalized spacial score (nSPS) is 11.3. The maximum absolute atomic E-state index is 12.2. The number of oxazole rings is 1. The van der Waals surface area contributed by atoms with Crippen LogP contribution in [0.5, 0.6) is 0 Å². The molecule has 1 amide bonds. The summed E-state index contributed by atoms with van der Waals surface area (Å²) in [5.74, 6) is 2.28. The lowest BCUT2D eigenvalue weighted by Gasteiger charge is -2.03. The Bertz CT molecular complexity index is 814. The third-order valence-corrected chi connectivity index (χ3v) is 3.38. The van der Waals surface area contributed by atoms with Crippen LogP contribution in [0.25, 0.3) is 11.1 Å². The van der Waals surface area contributed by atoms with E-state index in [2.05, 4.69) is 10.3 Å². The van der Waals surface area contributed by atoms with Crippen LogP contribution in [0.2, 0.25) is 0 Å². The molecule has 0 fully saturated rings. The molecule has 5 heteroatoms. The fraction of sp³-hybridized carbons (Fsp3) is 0.294. The van der Waals surface area contributed by atoms with Gasteiger partial charge in [0.05, 0.1) is 6.54 Å². The fourth-order valence-electron chi connectivity index (χ4n) is 2.18. The molecule has 3 rings (SSSR count). The van der Waals surface area contributed by atoms with Gasteiger partial charge in [-0.1, -0.05) is 13.8 Å². The highest BCUT2D eigenvalue weighted by Gasteiger charge is 2.12. The molecule has 2 aromatic heterocycles. The third-order valence-electron chi connectivity index (χ3n) is 3.38.